The molecule has 90 valence electrons. The summed E-state index contributed by atoms with van der Waals surface area (Å²) in [6.07, 6.45) is 3.32. The zero-order valence-corrected chi connectivity index (χ0v) is 10.5. The molecule has 2 aromatic heterocycles. The third-order valence-corrected chi connectivity index (χ3v) is 2.86. The molecule has 0 saturated carbocycles. The van der Waals surface area contributed by atoms with E-state index in [-0.39, 0.29) is 5.92 Å². The van der Waals surface area contributed by atoms with Gasteiger partial charge in [0.1, 0.15) is 0 Å². The molecule has 0 amide bonds. The molecule has 0 atom stereocenters. The van der Waals surface area contributed by atoms with E-state index in [1.165, 1.54) is 0 Å². The number of pyridine rings is 1. The van der Waals surface area contributed by atoms with Gasteiger partial charge in [-0.25, -0.2) is 4.68 Å². The van der Waals surface area contributed by atoms with Gasteiger partial charge in [-0.1, -0.05) is 30.7 Å². The third kappa shape index (κ3) is 2.39. The van der Waals surface area contributed by atoms with Gasteiger partial charge < -0.3 is 5.73 Å². The molecule has 2 heterocycles. The Hall–Kier alpha value is -1.62. The summed E-state index contributed by atoms with van der Waals surface area (Å²) in [4.78, 5) is 3.95. The molecule has 0 bridgehead atoms. The molecule has 0 aliphatic heterocycles. The standard InChI is InChI=1S/C11H14ClN5/c1-7(2)10-11(13)15-16-17(10)6-8-3-4-14-5-9(8)12/h3-5,7H,6,13H2,1-2H3. The fourth-order valence-electron chi connectivity index (χ4n) is 1.74. The molecule has 5 nitrogen and oxygen atoms in total. The van der Waals surface area contributed by atoms with E-state index in [1.54, 1.807) is 17.1 Å². The van der Waals surface area contributed by atoms with E-state index in [9.17, 15) is 0 Å². The number of nitrogens with two attached hydrogens (primary N) is 1. The number of rotatable bonds is 3. The van der Waals surface area contributed by atoms with Gasteiger partial charge in [0.25, 0.3) is 0 Å². The van der Waals surface area contributed by atoms with E-state index in [0.29, 0.717) is 17.4 Å². The first-order valence-electron chi connectivity index (χ1n) is 5.37. The van der Waals surface area contributed by atoms with E-state index >= 15 is 0 Å². The average molecular weight is 252 g/mol. The van der Waals surface area contributed by atoms with Crippen molar-refractivity contribution in [2.45, 2.75) is 26.3 Å². The summed E-state index contributed by atoms with van der Waals surface area (Å²) in [6.45, 7) is 4.67. The number of hydrogen-bond acceptors (Lipinski definition) is 4. The lowest BCUT2D eigenvalue weighted by Gasteiger charge is -2.10. The van der Waals surface area contributed by atoms with E-state index in [1.807, 2.05) is 6.07 Å². The number of nitrogens with zero attached hydrogens (tertiary/aromatic N) is 4. The van der Waals surface area contributed by atoms with Crippen molar-refractivity contribution in [3.8, 4) is 0 Å². The Balaban J connectivity index is 2.34. The van der Waals surface area contributed by atoms with Crippen molar-refractivity contribution in [3.63, 3.8) is 0 Å². The Kier molecular flexibility index (Phi) is 3.28. The van der Waals surface area contributed by atoms with Crippen molar-refractivity contribution in [1.82, 2.24) is 20.0 Å². The Morgan fingerprint density at radius 3 is 2.88 bits per heavy atom. The van der Waals surface area contributed by atoms with Crippen molar-refractivity contribution in [2.75, 3.05) is 5.73 Å². The highest BCUT2D eigenvalue weighted by atomic mass is 35.5. The second-order valence-electron chi connectivity index (χ2n) is 4.14. The zero-order chi connectivity index (χ0) is 12.4. The second kappa shape index (κ2) is 4.71. The predicted octanol–water partition coefficient (Wildman–Crippen LogP) is 2.08. The summed E-state index contributed by atoms with van der Waals surface area (Å²) in [5.41, 5.74) is 7.68. The van der Waals surface area contributed by atoms with Crippen molar-refractivity contribution in [1.29, 1.82) is 0 Å². The molecule has 2 rings (SSSR count). The van der Waals surface area contributed by atoms with Gasteiger partial charge in [-0.15, -0.1) is 5.10 Å². The highest BCUT2D eigenvalue weighted by Gasteiger charge is 2.14. The molecule has 0 fully saturated rings. The van der Waals surface area contributed by atoms with E-state index < -0.39 is 0 Å². The molecule has 0 aromatic carbocycles. The Morgan fingerprint density at radius 2 is 2.24 bits per heavy atom. The first-order chi connectivity index (χ1) is 8.09. The smallest absolute Gasteiger partial charge is 0.169 e. The fraction of sp³-hybridized carbons (Fsp3) is 0.364. The highest BCUT2D eigenvalue weighted by Crippen LogP contribution is 2.21. The van der Waals surface area contributed by atoms with Crippen molar-refractivity contribution < 1.29 is 0 Å². The predicted molar refractivity (Wildman–Crippen MR) is 66.9 cm³/mol. The van der Waals surface area contributed by atoms with Gasteiger partial charge in [-0.05, 0) is 17.5 Å². The van der Waals surface area contributed by atoms with Crippen LogP contribution in [0.4, 0.5) is 5.82 Å². The first kappa shape index (κ1) is 11.9. The normalized spacial score (nSPS) is 11.1. The molecular weight excluding hydrogens is 238 g/mol. The van der Waals surface area contributed by atoms with Gasteiger partial charge in [0.05, 0.1) is 17.3 Å². The van der Waals surface area contributed by atoms with E-state index in [2.05, 4.69) is 29.1 Å². The van der Waals surface area contributed by atoms with Gasteiger partial charge in [0.15, 0.2) is 5.82 Å². The molecule has 17 heavy (non-hydrogen) atoms. The quantitative estimate of drug-likeness (QED) is 0.907. The number of anilines is 1. The second-order valence-corrected chi connectivity index (χ2v) is 4.55. The topological polar surface area (TPSA) is 69.6 Å². The molecule has 0 unspecified atom stereocenters. The molecule has 0 saturated heterocycles. The molecule has 0 spiro atoms. The van der Waals surface area contributed by atoms with E-state index in [0.717, 1.165) is 11.3 Å². The number of hydrogen-bond donors (Lipinski definition) is 1. The maximum Gasteiger partial charge on any atom is 0.169 e. The summed E-state index contributed by atoms with van der Waals surface area (Å²) in [5.74, 6) is 0.746. The lowest BCUT2D eigenvalue weighted by Crippen LogP contribution is -2.09. The molecule has 0 aliphatic carbocycles. The molecule has 0 aliphatic rings. The van der Waals surface area contributed by atoms with Crippen LogP contribution in [0.15, 0.2) is 18.5 Å². The van der Waals surface area contributed by atoms with Crippen molar-refractivity contribution in [3.05, 3.63) is 34.7 Å². The van der Waals surface area contributed by atoms with Gasteiger partial charge in [-0.2, -0.15) is 0 Å². The van der Waals surface area contributed by atoms with Crippen LogP contribution in [0.1, 0.15) is 31.0 Å². The molecular formula is C11H14ClN5. The van der Waals surface area contributed by atoms with Crippen LogP contribution in [0.3, 0.4) is 0 Å². The molecule has 6 heteroatoms. The fourth-order valence-corrected chi connectivity index (χ4v) is 1.92. The van der Waals surface area contributed by atoms with Crippen LogP contribution in [0.5, 0.6) is 0 Å². The monoisotopic (exact) mass is 251 g/mol. The summed E-state index contributed by atoms with van der Waals surface area (Å²) in [6, 6.07) is 1.87. The Labute approximate surface area is 105 Å². The summed E-state index contributed by atoms with van der Waals surface area (Å²) in [7, 11) is 0. The van der Waals surface area contributed by atoms with Crippen molar-refractivity contribution >= 4 is 17.4 Å². The van der Waals surface area contributed by atoms with Gasteiger partial charge in [0, 0.05) is 12.4 Å². The van der Waals surface area contributed by atoms with Crippen LogP contribution in [0.2, 0.25) is 5.02 Å². The van der Waals surface area contributed by atoms with Crippen LogP contribution in [-0.4, -0.2) is 20.0 Å². The minimum Gasteiger partial charge on any atom is -0.381 e. The van der Waals surface area contributed by atoms with Crippen molar-refractivity contribution in [2.24, 2.45) is 0 Å². The summed E-state index contributed by atoms with van der Waals surface area (Å²) >= 11 is 6.06. The molecule has 2 aromatic rings. The average Bonchev–Trinajstić information content (AvgIpc) is 2.63. The SMILES string of the molecule is CC(C)c1c(N)nnn1Cc1ccncc1Cl. The minimum atomic E-state index is 0.269. The van der Waals surface area contributed by atoms with Gasteiger partial charge in [0.2, 0.25) is 0 Å². The van der Waals surface area contributed by atoms with Crippen LogP contribution in [0.25, 0.3) is 0 Å². The Morgan fingerprint density at radius 1 is 1.47 bits per heavy atom. The largest absolute Gasteiger partial charge is 0.381 e. The van der Waals surface area contributed by atoms with Gasteiger partial charge in [-0.3, -0.25) is 4.98 Å². The minimum absolute atomic E-state index is 0.269. The van der Waals surface area contributed by atoms with Crippen LogP contribution >= 0.6 is 11.6 Å². The highest BCUT2D eigenvalue weighted by molar-refractivity contribution is 6.31. The zero-order valence-electron chi connectivity index (χ0n) is 9.76. The van der Waals surface area contributed by atoms with Gasteiger partial charge >= 0.3 is 0 Å². The third-order valence-electron chi connectivity index (χ3n) is 2.52. The first-order valence-corrected chi connectivity index (χ1v) is 5.74. The summed E-state index contributed by atoms with van der Waals surface area (Å²) in [5, 5.41) is 8.55. The lowest BCUT2D eigenvalue weighted by atomic mass is 10.1. The maximum atomic E-state index is 6.06. The van der Waals surface area contributed by atoms with Crippen LogP contribution < -0.4 is 5.73 Å². The summed E-state index contributed by atoms with van der Waals surface area (Å²) < 4.78 is 1.78. The lowest BCUT2D eigenvalue weighted by molar-refractivity contribution is 0.598. The van der Waals surface area contributed by atoms with Crippen LogP contribution in [-0.2, 0) is 6.54 Å². The number of nitrogen functional groups attached to an aromatic ring is 1. The molecule has 0 radical (unpaired) electrons. The van der Waals surface area contributed by atoms with E-state index in [4.69, 9.17) is 17.3 Å². The number of halogens is 1. The number of aromatic nitrogens is 4. The Bertz CT molecular complexity index is 520. The van der Waals surface area contributed by atoms with Crippen LogP contribution in [0, 0.1) is 0 Å². The molecule has 2 N–H and O–H groups in total. The maximum absolute atomic E-state index is 6.06.